The maximum Gasteiger partial charge on any atom is 0.274 e. The van der Waals surface area contributed by atoms with Crippen LogP contribution in [-0.4, -0.2) is 29.0 Å². The summed E-state index contributed by atoms with van der Waals surface area (Å²) < 4.78 is 0. The molecular weight excluding hydrogens is 324 g/mol. The third-order valence-corrected chi connectivity index (χ3v) is 4.83. The highest BCUT2D eigenvalue weighted by molar-refractivity contribution is 6.03. The molecule has 0 unspecified atom stereocenters. The summed E-state index contributed by atoms with van der Waals surface area (Å²) in [5.74, 6) is 1.43. The van der Waals surface area contributed by atoms with Crippen LogP contribution >= 0.6 is 0 Å². The smallest absolute Gasteiger partial charge is 0.274 e. The van der Waals surface area contributed by atoms with Crippen LogP contribution in [-0.2, 0) is 6.42 Å². The van der Waals surface area contributed by atoms with Crippen LogP contribution in [0.25, 0.3) is 0 Å². The fraction of sp³-hybridized carbons (Fsp3) is 0.476. The Morgan fingerprint density at radius 3 is 2.69 bits per heavy atom. The van der Waals surface area contributed by atoms with Crippen molar-refractivity contribution in [2.24, 2.45) is 5.92 Å². The van der Waals surface area contributed by atoms with Crippen molar-refractivity contribution >= 4 is 17.4 Å². The molecule has 5 heteroatoms. The van der Waals surface area contributed by atoms with E-state index in [1.54, 1.807) is 0 Å². The second kappa shape index (κ2) is 8.30. The van der Waals surface area contributed by atoms with Crippen LogP contribution in [0.4, 0.5) is 11.5 Å². The zero-order chi connectivity index (χ0) is 18.5. The lowest BCUT2D eigenvalue weighted by Gasteiger charge is -2.23. The minimum atomic E-state index is -0.191. The number of carbonyl (C=O) groups is 1. The molecule has 0 atom stereocenters. The number of rotatable bonds is 8. The molecule has 0 radical (unpaired) electrons. The average Bonchev–Trinajstić information content (AvgIpc) is 3.47. The molecule has 1 fully saturated rings. The molecule has 1 N–H and O–H groups in total. The van der Waals surface area contributed by atoms with Crippen LogP contribution in [0.5, 0.6) is 0 Å². The van der Waals surface area contributed by atoms with Gasteiger partial charge in [0.05, 0.1) is 0 Å². The number of hydrogen-bond donors (Lipinski definition) is 1. The fourth-order valence-corrected chi connectivity index (χ4v) is 3.10. The summed E-state index contributed by atoms with van der Waals surface area (Å²) in [6.45, 7) is 8.27. The van der Waals surface area contributed by atoms with Gasteiger partial charge in [-0.25, -0.2) is 9.97 Å². The molecule has 26 heavy (non-hydrogen) atoms. The third-order valence-electron chi connectivity index (χ3n) is 4.83. The van der Waals surface area contributed by atoms with E-state index in [0.717, 1.165) is 48.9 Å². The van der Waals surface area contributed by atoms with Crippen molar-refractivity contribution in [3.8, 4) is 0 Å². The van der Waals surface area contributed by atoms with E-state index in [9.17, 15) is 4.79 Å². The number of anilines is 2. The van der Waals surface area contributed by atoms with E-state index >= 15 is 0 Å². The Labute approximate surface area is 155 Å². The van der Waals surface area contributed by atoms with Crippen LogP contribution in [0, 0.1) is 12.8 Å². The molecule has 138 valence electrons. The van der Waals surface area contributed by atoms with Crippen molar-refractivity contribution < 1.29 is 4.79 Å². The molecule has 1 aromatic carbocycles. The van der Waals surface area contributed by atoms with Crippen molar-refractivity contribution in [3.63, 3.8) is 0 Å². The number of nitrogens with zero attached hydrogens (tertiary/aromatic N) is 3. The molecule has 1 aliphatic carbocycles. The second-order valence-corrected chi connectivity index (χ2v) is 7.11. The summed E-state index contributed by atoms with van der Waals surface area (Å²) in [6, 6.07) is 7.93. The van der Waals surface area contributed by atoms with Crippen LogP contribution in [0.3, 0.4) is 0 Å². The number of hydrogen-bond acceptors (Lipinski definition) is 4. The summed E-state index contributed by atoms with van der Waals surface area (Å²) in [7, 11) is 0. The highest BCUT2D eigenvalue weighted by Gasteiger charge is 2.25. The Hall–Kier alpha value is -2.43. The van der Waals surface area contributed by atoms with E-state index in [-0.39, 0.29) is 5.91 Å². The lowest BCUT2D eigenvalue weighted by molar-refractivity contribution is 0.102. The number of aromatic nitrogens is 2. The first-order chi connectivity index (χ1) is 12.6. The number of carbonyl (C=O) groups excluding carboxylic acids is 1. The van der Waals surface area contributed by atoms with Crippen LogP contribution < -0.4 is 10.2 Å². The maximum atomic E-state index is 12.7. The Balaban J connectivity index is 1.75. The van der Waals surface area contributed by atoms with E-state index in [0.29, 0.717) is 5.69 Å². The summed E-state index contributed by atoms with van der Waals surface area (Å²) in [5.41, 5.74) is 3.56. The van der Waals surface area contributed by atoms with Gasteiger partial charge in [-0.2, -0.15) is 0 Å². The number of aryl methyl sites for hydroxylation is 2. The van der Waals surface area contributed by atoms with E-state index in [2.05, 4.69) is 40.1 Å². The van der Waals surface area contributed by atoms with E-state index in [1.807, 2.05) is 25.1 Å². The quantitative estimate of drug-likeness (QED) is 0.772. The summed E-state index contributed by atoms with van der Waals surface area (Å²) in [6.07, 6.45) is 6.13. The molecule has 1 aromatic heterocycles. The van der Waals surface area contributed by atoms with Crippen LogP contribution in [0.2, 0.25) is 0 Å². The molecule has 1 aliphatic rings. The van der Waals surface area contributed by atoms with Gasteiger partial charge in [0.15, 0.2) is 0 Å². The predicted octanol–water partition coefficient (Wildman–Crippen LogP) is 4.23. The Morgan fingerprint density at radius 2 is 2.04 bits per heavy atom. The summed E-state index contributed by atoms with van der Waals surface area (Å²) >= 11 is 0. The normalized spacial score (nSPS) is 13.5. The Bertz CT molecular complexity index is 770. The minimum Gasteiger partial charge on any atom is -0.356 e. The van der Waals surface area contributed by atoms with Gasteiger partial charge in [-0.15, -0.1) is 0 Å². The molecule has 1 amide bonds. The highest BCUT2D eigenvalue weighted by Crippen LogP contribution is 2.31. The third kappa shape index (κ3) is 4.59. The lowest BCUT2D eigenvalue weighted by atomic mass is 10.1. The summed E-state index contributed by atoms with van der Waals surface area (Å²) in [4.78, 5) is 23.5. The Morgan fingerprint density at radius 1 is 1.23 bits per heavy atom. The first kappa shape index (κ1) is 18.4. The van der Waals surface area contributed by atoms with E-state index in [1.165, 1.54) is 24.7 Å². The largest absolute Gasteiger partial charge is 0.356 e. The molecule has 2 aromatic rings. The molecule has 0 spiro atoms. The van der Waals surface area contributed by atoms with Crippen molar-refractivity contribution in [1.82, 2.24) is 9.97 Å². The van der Waals surface area contributed by atoms with Gasteiger partial charge in [0.25, 0.3) is 5.91 Å². The first-order valence-corrected chi connectivity index (χ1v) is 9.58. The van der Waals surface area contributed by atoms with Gasteiger partial charge in [0.1, 0.15) is 17.8 Å². The molecule has 3 rings (SSSR count). The molecule has 1 heterocycles. The molecule has 1 saturated carbocycles. The van der Waals surface area contributed by atoms with Crippen molar-refractivity contribution in [3.05, 3.63) is 47.4 Å². The van der Waals surface area contributed by atoms with Crippen LogP contribution in [0.1, 0.15) is 54.7 Å². The zero-order valence-electron chi connectivity index (χ0n) is 16.0. The van der Waals surface area contributed by atoms with Gasteiger partial charge in [-0.05, 0) is 55.7 Å². The van der Waals surface area contributed by atoms with E-state index < -0.39 is 0 Å². The Kier molecular flexibility index (Phi) is 5.86. The molecule has 0 aliphatic heterocycles. The van der Waals surface area contributed by atoms with Crippen molar-refractivity contribution in [1.29, 1.82) is 0 Å². The lowest BCUT2D eigenvalue weighted by Crippen LogP contribution is -2.28. The maximum absolute atomic E-state index is 12.7. The molecule has 5 nitrogen and oxygen atoms in total. The van der Waals surface area contributed by atoms with Crippen molar-refractivity contribution in [2.75, 3.05) is 23.3 Å². The van der Waals surface area contributed by atoms with E-state index in [4.69, 9.17) is 0 Å². The fourth-order valence-electron chi connectivity index (χ4n) is 3.10. The van der Waals surface area contributed by atoms with Gasteiger partial charge < -0.3 is 10.2 Å². The topological polar surface area (TPSA) is 58.1 Å². The predicted molar refractivity (Wildman–Crippen MR) is 106 cm³/mol. The van der Waals surface area contributed by atoms with Gasteiger partial charge in [0, 0.05) is 24.8 Å². The standard InChI is InChI=1S/C21H28N4O/c1-4-10-25(13-17-6-7-17)20-12-19(22-14-23-20)21(26)24-18-9-8-16(5-2)11-15(18)3/h8-9,11-12,14,17H,4-7,10,13H2,1-3H3,(H,24,26). The monoisotopic (exact) mass is 352 g/mol. The zero-order valence-corrected chi connectivity index (χ0v) is 16.0. The number of amides is 1. The molecule has 0 saturated heterocycles. The van der Waals surface area contributed by atoms with Crippen LogP contribution in [0.15, 0.2) is 30.6 Å². The first-order valence-electron chi connectivity index (χ1n) is 9.58. The molecule has 0 bridgehead atoms. The average molecular weight is 352 g/mol. The van der Waals surface area contributed by atoms with Gasteiger partial charge >= 0.3 is 0 Å². The van der Waals surface area contributed by atoms with Gasteiger partial charge in [-0.3, -0.25) is 4.79 Å². The van der Waals surface area contributed by atoms with Gasteiger partial charge in [0.2, 0.25) is 0 Å². The number of nitrogens with one attached hydrogen (secondary N) is 1. The van der Waals surface area contributed by atoms with Gasteiger partial charge in [-0.1, -0.05) is 26.0 Å². The summed E-state index contributed by atoms with van der Waals surface area (Å²) in [5, 5.41) is 2.98. The highest BCUT2D eigenvalue weighted by atomic mass is 16.1. The SMILES string of the molecule is CCCN(CC1CC1)c1cc(C(=O)Nc2ccc(CC)cc2C)ncn1. The number of benzene rings is 1. The van der Waals surface area contributed by atoms with Crippen molar-refractivity contribution in [2.45, 2.75) is 46.5 Å². The molecular formula is C21H28N4O. The minimum absolute atomic E-state index is 0.191. The second-order valence-electron chi connectivity index (χ2n) is 7.11.